The van der Waals surface area contributed by atoms with Gasteiger partial charge in [-0.25, -0.2) is 0 Å². The second-order valence-electron chi connectivity index (χ2n) is 8.26. The SMILES string of the molecule is CCc1ccc([C@H](NCC(=O)N(C)CC(=O)Nc2c(C)cccc2C)C(C)C)cc1. The quantitative estimate of drug-likeness (QED) is 0.651. The van der Waals surface area contributed by atoms with Gasteiger partial charge in [0.15, 0.2) is 0 Å². The van der Waals surface area contributed by atoms with E-state index in [-0.39, 0.29) is 30.9 Å². The Hall–Kier alpha value is -2.66. The number of aryl methyl sites for hydroxylation is 3. The molecule has 0 aliphatic rings. The van der Waals surface area contributed by atoms with Crippen LogP contribution in [0.15, 0.2) is 42.5 Å². The Labute approximate surface area is 180 Å². The molecule has 30 heavy (non-hydrogen) atoms. The summed E-state index contributed by atoms with van der Waals surface area (Å²) in [4.78, 5) is 26.5. The summed E-state index contributed by atoms with van der Waals surface area (Å²) in [5.41, 5.74) is 5.30. The number of para-hydroxylation sites is 1. The maximum Gasteiger partial charge on any atom is 0.243 e. The van der Waals surface area contributed by atoms with Gasteiger partial charge in [0.2, 0.25) is 11.8 Å². The molecule has 0 fully saturated rings. The fourth-order valence-electron chi connectivity index (χ4n) is 3.53. The summed E-state index contributed by atoms with van der Waals surface area (Å²) in [7, 11) is 1.66. The summed E-state index contributed by atoms with van der Waals surface area (Å²) < 4.78 is 0. The highest BCUT2D eigenvalue weighted by Crippen LogP contribution is 2.22. The van der Waals surface area contributed by atoms with E-state index in [1.54, 1.807) is 7.05 Å². The first-order valence-electron chi connectivity index (χ1n) is 10.6. The molecule has 0 aliphatic heterocycles. The van der Waals surface area contributed by atoms with Gasteiger partial charge in [-0.05, 0) is 48.4 Å². The van der Waals surface area contributed by atoms with Gasteiger partial charge in [0.05, 0.1) is 13.1 Å². The van der Waals surface area contributed by atoms with Crippen molar-refractivity contribution in [1.29, 1.82) is 0 Å². The fraction of sp³-hybridized carbons (Fsp3) is 0.440. The number of anilines is 1. The van der Waals surface area contributed by atoms with Crippen LogP contribution in [-0.4, -0.2) is 36.9 Å². The largest absolute Gasteiger partial charge is 0.335 e. The average Bonchev–Trinajstić information content (AvgIpc) is 2.71. The first-order chi connectivity index (χ1) is 14.2. The molecular weight excluding hydrogens is 374 g/mol. The van der Waals surface area contributed by atoms with E-state index in [0.717, 1.165) is 23.2 Å². The molecule has 0 saturated heterocycles. The van der Waals surface area contributed by atoms with E-state index in [2.05, 4.69) is 55.7 Å². The number of hydrogen-bond donors (Lipinski definition) is 2. The van der Waals surface area contributed by atoms with Gasteiger partial charge < -0.3 is 15.5 Å². The molecule has 2 rings (SSSR count). The highest BCUT2D eigenvalue weighted by atomic mass is 16.2. The van der Waals surface area contributed by atoms with Gasteiger partial charge in [0.25, 0.3) is 0 Å². The third-order valence-corrected chi connectivity index (χ3v) is 5.44. The smallest absolute Gasteiger partial charge is 0.243 e. The van der Waals surface area contributed by atoms with Crippen LogP contribution in [0, 0.1) is 19.8 Å². The molecule has 0 saturated carbocycles. The fourth-order valence-corrected chi connectivity index (χ4v) is 3.53. The predicted octanol–water partition coefficient (Wildman–Crippen LogP) is 4.25. The van der Waals surface area contributed by atoms with Crippen molar-refractivity contribution in [2.75, 3.05) is 25.5 Å². The third kappa shape index (κ3) is 6.42. The van der Waals surface area contributed by atoms with Crippen molar-refractivity contribution < 1.29 is 9.59 Å². The second kappa shape index (κ2) is 10.9. The average molecular weight is 410 g/mol. The number of amides is 2. The Kier molecular flexibility index (Phi) is 8.60. The van der Waals surface area contributed by atoms with E-state index >= 15 is 0 Å². The van der Waals surface area contributed by atoms with Gasteiger partial charge >= 0.3 is 0 Å². The van der Waals surface area contributed by atoms with E-state index in [1.807, 2.05) is 32.0 Å². The van der Waals surface area contributed by atoms with Crippen LogP contribution in [0.25, 0.3) is 0 Å². The summed E-state index contributed by atoms with van der Waals surface area (Å²) in [6.07, 6.45) is 1.01. The van der Waals surface area contributed by atoms with Crippen LogP contribution in [0.5, 0.6) is 0 Å². The minimum absolute atomic E-state index is 0.0197. The minimum atomic E-state index is -0.196. The van der Waals surface area contributed by atoms with Crippen LogP contribution in [0.4, 0.5) is 5.69 Å². The van der Waals surface area contributed by atoms with Crippen LogP contribution in [0.1, 0.15) is 49.1 Å². The van der Waals surface area contributed by atoms with Crippen LogP contribution >= 0.6 is 0 Å². The number of nitrogens with zero attached hydrogens (tertiary/aromatic N) is 1. The molecule has 162 valence electrons. The van der Waals surface area contributed by atoms with Gasteiger partial charge in [0, 0.05) is 18.8 Å². The minimum Gasteiger partial charge on any atom is -0.335 e. The molecule has 0 heterocycles. The Morgan fingerprint density at radius 3 is 2.13 bits per heavy atom. The normalized spacial score (nSPS) is 12.0. The van der Waals surface area contributed by atoms with Gasteiger partial charge in [-0.2, -0.15) is 0 Å². The highest BCUT2D eigenvalue weighted by Gasteiger charge is 2.19. The molecule has 1 atom stereocenters. The van der Waals surface area contributed by atoms with Crippen molar-refractivity contribution in [3.63, 3.8) is 0 Å². The zero-order chi connectivity index (χ0) is 22.3. The molecular formula is C25H35N3O2. The number of likely N-dealkylation sites (N-methyl/N-ethyl adjacent to an activating group) is 1. The van der Waals surface area contributed by atoms with Crippen LogP contribution < -0.4 is 10.6 Å². The summed E-state index contributed by atoms with van der Waals surface area (Å²) in [5, 5.41) is 6.30. The zero-order valence-corrected chi connectivity index (χ0v) is 19.1. The number of hydrogen-bond acceptors (Lipinski definition) is 3. The maximum absolute atomic E-state index is 12.6. The van der Waals surface area contributed by atoms with Crippen molar-refractivity contribution in [3.05, 3.63) is 64.7 Å². The number of benzene rings is 2. The first kappa shape index (κ1) is 23.6. The molecule has 2 amide bonds. The molecule has 0 aliphatic carbocycles. The van der Waals surface area contributed by atoms with E-state index in [0.29, 0.717) is 5.92 Å². The van der Waals surface area contributed by atoms with Crippen molar-refractivity contribution >= 4 is 17.5 Å². The summed E-state index contributed by atoms with van der Waals surface area (Å²) in [6, 6.07) is 14.5. The summed E-state index contributed by atoms with van der Waals surface area (Å²) in [6.45, 7) is 10.5. The molecule has 5 heteroatoms. The number of rotatable bonds is 9. The van der Waals surface area contributed by atoms with Gasteiger partial charge in [-0.3, -0.25) is 9.59 Å². The molecule has 5 nitrogen and oxygen atoms in total. The van der Waals surface area contributed by atoms with Gasteiger partial charge in [-0.1, -0.05) is 63.2 Å². The van der Waals surface area contributed by atoms with Crippen LogP contribution in [-0.2, 0) is 16.0 Å². The molecule has 0 aromatic heterocycles. The van der Waals surface area contributed by atoms with E-state index in [4.69, 9.17) is 0 Å². The summed E-state index contributed by atoms with van der Waals surface area (Å²) in [5.74, 6) is 0.0317. The third-order valence-electron chi connectivity index (χ3n) is 5.44. The first-order valence-corrected chi connectivity index (χ1v) is 10.6. The monoisotopic (exact) mass is 409 g/mol. The second-order valence-corrected chi connectivity index (χ2v) is 8.26. The molecule has 0 bridgehead atoms. The molecule has 0 spiro atoms. The molecule has 2 aromatic rings. The lowest BCUT2D eigenvalue weighted by Crippen LogP contribution is -2.41. The topological polar surface area (TPSA) is 61.4 Å². The number of carbonyl (C=O) groups is 2. The van der Waals surface area contributed by atoms with E-state index in [1.165, 1.54) is 16.0 Å². The highest BCUT2D eigenvalue weighted by molar-refractivity contribution is 5.95. The lowest BCUT2D eigenvalue weighted by molar-refractivity contribution is -0.132. The van der Waals surface area contributed by atoms with Crippen LogP contribution in [0.3, 0.4) is 0 Å². The summed E-state index contributed by atoms with van der Waals surface area (Å²) >= 11 is 0. The number of nitrogens with one attached hydrogen (secondary N) is 2. The van der Waals surface area contributed by atoms with Crippen molar-refractivity contribution in [2.45, 2.75) is 47.1 Å². The molecule has 2 N–H and O–H groups in total. The Balaban J connectivity index is 1.92. The lowest BCUT2D eigenvalue weighted by atomic mass is 9.95. The Bertz CT molecular complexity index is 839. The lowest BCUT2D eigenvalue weighted by Gasteiger charge is -2.25. The molecule has 0 unspecified atom stereocenters. The van der Waals surface area contributed by atoms with Gasteiger partial charge in [-0.15, -0.1) is 0 Å². The maximum atomic E-state index is 12.6. The van der Waals surface area contributed by atoms with Crippen molar-refractivity contribution in [1.82, 2.24) is 10.2 Å². The Morgan fingerprint density at radius 2 is 1.60 bits per heavy atom. The molecule has 2 aromatic carbocycles. The van der Waals surface area contributed by atoms with E-state index < -0.39 is 0 Å². The van der Waals surface area contributed by atoms with Gasteiger partial charge in [0.1, 0.15) is 0 Å². The van der Waals surface area contributed by atoms with E-state index in [9.17, 15) is 9.59 Å². The van der Waals surface area contributed by atoms with Crippen LogP contribution in [0.2, 0.25) is 0 Å². The zero-order valence-electron chi connectivity index (χ0n) is 19.1. The van der Waals surface area contributed by atoms with Crippen molar-refractivity contribution in [2.24, 2.45) is 5.92 Å². The van der Waals surface area contributed by atoms with Crippen molar-refractivity contribution in [3.8, 4) is 0 Å². The predicted molar refractivity (Wildman–Crippen MR) is 124 cm³/mol. The number of carbonyl (C=O) groups excluding carboxylic acids is 2. The molecule has 0 radical (unpaired) electrons. The standard InChI is InChI=1S/C25H35N3O2/c1-7-20-11-13-21(14-12-20)24(17(2)3)26-15-23(30)28(6)16-22(29)27-25-18(4)9-8-10-19(25)5/h8-14,17,24,26H,7,15-16H2,1-6H3,(H,27,29)/t24-/m1/s1. The Morgan fingerprint density at radius 1 is 1.00 bits per heavy atom.